The Morgan fingerprint density at radius 3 is 3.00 bits per heavy atom. The number of rotatable bonds is 7. The molecule has 2 rings (SSSR count). The first kappa shape index (κ1) is 15.6. The van der Waals surface area contributed by atoms with Crippen molar-refractivity contribution in [1.29, 1.82) is 5.41 Å². The summed E-state index contributed by atoms with van der Waals surface area (Å²) < 4.78 is 7.65. The third kappa shape index (κ3) is 3.12. The molecule has 0 radical (unpaired) electrons. The van der Waals surface area contributed by atoms with Gasteiger partial charge in [-0.2, -0.15) is 0 Å². The number of hydrogen-bond acceptors (Lipinski definition) is 6. The summed E-state index contributed by atoms with van der Waals surface area (Å²) in [4.78, 5) is 16.7. The summed E-state index contributed by atoms with van der Waals surface area (Å²) in [6.45, 7) is 2.80. The van der Waals surface area contributed by atoms with Crippen LogP contribution in [-0.2, 0) is 11.8 Å². The monoisotopic (exact) mass is 310 g/mol. The number of thiazole rings is 1. The highest BCUT2D eigenvalue weighted by Crippen LogP contribution is 2.29. The lowest BCUT2D eigenvalue weighted by atomic mass is 10.2. The first-order valence-electron chi connectivity index (χ1n) is 6.53. The van der Waals surface area contributed by atoms with E-state index in [1.54, 1.807) is 11.6 Å². The van der Waals surface area contributed by atoms with E-state index in [0.717, 1.165) is 15.4 Å². The van der Waals surface area contributed by atoms with E-state index in [1.165, 1.54) is 17.6 Å². The smallest absolute Gasteiger partial charge is 0.268 e. The summed E-state index contributed by atoms with van der Waals surface area (Å²) in [5.74, 6) is -0.258. The third-order valence-electron chi connectivity index (χ3n) is 3.00. The second kappa shape index (κ2) is 6.79. The zero-order chi connectivity index (χ0) is 15.4. The highest BCUT2D eigenvalue weighted by atomic mass is 32.1. The lowest BCUT2D eigenvalue weighted by molar-refractivity contribution is 0.0833. The average molecular weight is 310 g/mol. The average Bonchev–Trinajstić information content (AvgIpc) is 2.95. The summed E-state index contributed by atoms with van der Waals surface area (Å²) >= 11 is 1.48. The molecule has 0 saturated carbocycles. The summed E-state index contributed by atoms with van der Waals surface area (Å²) in [7, 11) is 1.77. The molecule has 8 heteroatoms. The molecular weight excluding hydrogens is 292 g/mol. The number of aryl methyl sites for hydroxylation is 2. The van der Waals surface area contributed by atoms with E-state index in [1.807, 2.05) is 6.92 Å². The first-order chi connectivity index (χ1) is 10.1. The van der Waals surface area contributed by atoms with Crippen molar-refractivity contribution in [1.82, 2.24) is 14.9 Å². The molecule has 0 spiro atoms. The lowest BCUT2D eigenvalue weighted by Crippen LogP contribution is -2.29. The SMILES string of the molecule is Cc1nc2c(s1)c(C=N)c(C(=O)NCCOCCO)n2C. The zero-order valence-corrected chi connectivity index (χ0v) is 12.8. The van der Waals surface area contributed by atoms with Crippen LogP contribution in [0.1, 0.15) is 21.1 Å². The van der Waals surface area contributed by atoms with Crippen molar-refractivity contribution in [3.63, 3.8) is 0 Å². The Labute approximate surface area is 126 Å². The minimum Gasteiger partial charge on any atom is -0.394 e. The molecule has 0 aliphatic carbocycles. The molecule has 0 aliphatic rings. The Hall–Kier alpha value is -1.77. The normalized spacial score (nSPS) is 11.0. The van der Waals surface area contributed by atoms with Crippen molar-refractivity contribution >= 4 is 33.8 Å². The number of aliphatic hydroxyl groups excluding tert-OH is 1. The number of hydrogen-bond donors (Lipinski definition) is 3. The minimum absolute atomic E-state index is 0.0367. The summed E-state index contributed by atoms with van der Waals surface area (Å²) in [5, 5.41) is 19.8. The fourth-order valence-electron chi connectivity index (χ4n) is 2.11. The molecule has 21 heavy (non-hydrogen) atoms. The van der Waals surface area contributed by atoms with Gasteiger partial charge in [-0.15, -0.1) is 11.3 Å². The maximum absolute atomic E-state index is 12.3. The van der Waals surface area contributed by atoms with Crippen LogP contribution < -0.4 is 5.32 Å². The Morgan fingerprint density at radius 2 is 2.33 bits per heavy atom. The van der Waals surface area contributed by atoms with E-state index < -0.39 is 0 Å². The van der Waals surface area contributed by atoms with Crippen LogP contribution >= 0.6 is 11.3 Å². The van der Waals surface area contributed by atoms with Crippen LogP contribution in [0.4, 0.5) is 0 Å². The molecule has 2 heterocycles. The second-order valence-corrected chi connectivity index (χ2v) is 5.65. The Bertz CT molecular complexity index is 662. The molecule has 2 aromatic rings. The van der Waals surface area contributed by atoms with Crippen molar-refractivity contribution in [2.24, 2.45) is 7.05 Å². The van der Waals surface area contributed by atoms with Crippen molar-refractivity contribution in [3.8, 4) is 0 Å². The second-order valence-electron chi connectivity index (χ2n) is 4.44. The molecule has 0 fully saturated rings. The van der Waals surface area contributed by atoms with E-state index >= 15 is 0 Å². The van der Waals surface area contributed by atoms with Gasteiger partial charge in [0.1, 0.15) is 5.69 Å². The fraction of sp³-hybridized carbons (Fsp3) is 0.462. The predicted octanol–water partition coefficient (Wildman–Crippen LogP) is 0.680. The first-order valence-corrected chi connectivity index (χ1v) is 7.34. The van der Waals surface area contributed by atoms with Crippen LogP contribution in [0.25, 0.3) is 10.3 Å². The topological polar surface area (TPSA) is 100 Å². The van der Waals surface area contributed by atoms with E-state index in [4.69, 9.17) is 15.3 Å². The molecule has 0 bridgehead atoms. The highest BCUT2D eigenvalue weighted by Gasteiger charge is 2.22. The van der Waals surface area contributed by atoms with Crippen molar-refractivity contribution in [2.75, 3.05) is 26.4 Å². The summed E-state index contributed by atoms with van der Waals surface area (Å²) in [6, 6.07) is 0. The number of aromatic nitrogens is 2. The van der Waals surface area contributed by atoms with Crippen LogP contribution in [0.2, 0.25) is 0 Å². The maximum atomic E-state index is 12.3. The molecular formula is C13H18N4O3S. The number of aliphatic hydroxyl groups is 1. The minimum atomic E-state index is -0.258. The van der Waals surface area contributed by atoms with Gasteiger partial charge in [0.2, 0.25) is 0 Å². The number of amides is 1. The van der Waals surface area contributed by atoms with Crippen LogP contribution in [-0.4, -0.2) is 53.1 Å². The fourth-order valence-corrected chi connectivity index (χ4v) is 3.08. The van der Waals surface area contributed by atoms with E-state index in [0.29, 0.717) is 24.4 Å². The number of carbonyl (C=O) groups is 1. The molecule has 0 atom stereocenters. The largest absolute Gasteiger partial charge is 0.394 e. The van der Waals surface area contributed by atoms with Gasteiger partial charge in [-0.1, -0.05) is 0 Å². The summed E-state index contributed by atoms with van der Waals surface area (Å²) in [5.41, 5.74) is 1.74. The number of carbonyl (C=O) groups excluding carboxylic acids is 1. The van der Waals surface area contributed by atoms with Crippen molar-refractivity contribution in [2.45, 2.75) is 6.92 Å². The van der Waals surface area contributed by atoms with Crippen LogP contribution in [0.3, 0.4) is 0 Å². The molecule has 3 N–H and O–H groups in total. The molecule has 0 unspecified atom stereocenters. The van der Waals surface area contributed by atoms with Gasteiger partial charge in [0.15, 0.2) is 5.65 Å². The van der Waals surface area contributed by atoms with Gasteiger partial charge in [0, 0.05) is 25.4 Å². The number of ether oxygens (including phenoxy) is 1. The van der Waals surface area contributed by atoms with Gasteiger partial charge >= 0.3 is 0 Å². The highest BCUT2D eigenvalue weighted by molar-refractivity contribution is 7.18. The maximum Gasteiger partial charge on any atom is 0.268 e. The molecule has 7 nitrogen and oxygen atoms in total. The molecule has 1 amide bonds. The van der Waals surface area contributed by atoms with Gasteiger partial charge in [-0.05, 0) is 6.92 Å². The van der Waals surface area contributed by atoms with E-state index in [-0.39, 0.29) is 19.1 Å². The predicted molar refractivity (Wildman–Crippen MR) is 81.5 cm³/mol. The quantitative estimate of drug-likeness (QED) is 0.517. The molecule has 2 aromatic heterocycles. The zero-order valence-electron chi connectivity index (χ0n) is 12.0. The van der Waals surface area contributed by atoms with Gasteiger partial charge in [0.05, 0.1) is 29.5 Å². The van der Waals surface area contributed by atoms with Crippen LogP contribution in [0.5, 0.6) is 0 Å². The van der Waals surface area contributed by atoms with Crippen LogP contribution in [0.15, 0.2) is 0 Å². The van der Waals surface area contributed by atoms with Gasteiger partial charge < -0.3 is 25.1 Å². The van der Waals surface area contributed by atoms with Crippen molar-refractivity contribution in [3.05, 3.63) is 16.3 Å². The number of nitrogens with zero attached hydrogens (tertiary/aromatic N) is 2. The van der Waals surface area contributed by atoms with Crippen molar-refractivity contribution < 1.29 is 14.6 Å². The van der Waals surface area contributed by atoms with Gasteiger partial charge in [0.25, 0.3) is 5.91 Å². The van der Waals surface area contributed by atoms with E-state index in [9.17, 15) is 4.79 Å². The third-order valence-corrected chi connectivity index (χ3v) is 3.99. The molecule has 0 aliphatic heterocycles. The van der Waals surface area contributed by atoms with E-state index in [2.05, 4.69) is 10.3 Å². The Kier molecular flexibility index (Phi) is 5.05. The molecule has 0 saturated heterocycles. The lowest BCUT2D eigenvalue weighted by Gasteiger charge is -2.07. The van der Waals surface area contributed by atoms with Crippen LogP contribution in [0, 0.1) is 12.3 Å². The molecule has 0 aromatic carbocycles. The van der Waals surface area contributed by atoms with Gasteiger partial charge in [-0.3, -0.25) is 4.79 Å². The standard InChI is InChI=1S/C13H18N4O3S/c1-8-16-12-11(21-8)9(7-14)10(17(12)2)13(19)15-3-5-20-6-4-18/h7,14,18H,3-6H2,1-2H3,(H,15,19). The van der Waals surface area contributed by atoms with Gasteiger partial charge in [-0.25, -0.2) is 4.98 Å². The molecule has 114 valence electrons. The number of nitrogens with one attached hydrogen (secondary N) is 2. The number of fused-ring (bicyclic) bond motifs is 1. The Morgan fingerprint density at radius 1 is 1.57 bits per heavy atom. The summed E-state index contributed by atoms with van der Waals surface area (Å²) in [6.07, 6.45) is 1.19. The Balaban J connectivity index is 2.17.